The lowest BCUT2D eigenvalue weighted by Gasteiger charge is -2.33. The standard InChI is InChI=1S/C23H35N5O.HI/c1-5-24-22(26-16-21-25-15-20(29-21)23(2,3)4)27-19-11-13-28(14-12-19)17-18-9-7-6-8-10-18;/h6-10,15,19H,5,11-14,16-17H2,1-4H3,(H2,24,26,27);1H. The van der Waals surface area contributed by atoms with E-state index in [1.807, 2.05) is 6.20 Å². The first-order valence-electron chi connectivity index (χ1n) is 10.7. The number of aromatic nitrogens is 1. The third-order valence-corrected chi connectivity index (χ3v) is 5.19. The van der Waals surface area contributed by atoms with Crippen LogP contribution in [0.5, 0.6) is 0 Å². The molecular weight excluding hydrogens is 489 g/mol. The molecule has 0 saturated carbocycles. The van der Waals surface area contributed by atoms with Crippen LogP contribution in [-0.2, 0) is 18.5 Å². The summed E-state index contributed by atoms with van der Waals surface area (Å²) in [5.74, 6) is 2.39. The molecule has 7 heteroatoms. The first-order valence-corrected chi connectivity index (χ1v) is 10.7. The number of likely N-dealkylation sites (tertiary alicyclic amines) is 1. The van der Waals surface area contributed by atoms with Gasteiger partial charge in [0.1, 0.15) is 12.3 Å². The molecule has 1 aliphatic heterocycles. The highest BCUT2D eigenvalue weighted by atomic mass is 127. The van der Waals surface area contributed by atoms with Gasteiger partial charge in [-0.1, -0.05) is 51.1 Å². The lowest BCUT2D eigenvalue weighted by molar-refractivity contribution is 0.198. The molecule has 30 heavy (non-hydrogen) atoms. The number of hydrogen-bond donors (Lipinski definition) is 2. The van der Waals surface area contributed by atoms with Crippen molar-refractivity contribution in [3.05, 3.63) is 53.7 Å². The highest BCUT2D eigenvalue weighted by Gasteiger charge is 2.21. The lowest BCUT2D eigenvalue weighted by Crippen LogP contribution is -2.48. The number of oxazole rings is 1. The quantitative estimate of drug-likeness (QED) is 0.335. The van der Waals surface area contributed by atoms with E-state index in [1.54, 1.807) is 0 Å². The molecule has 0 aliphatic carbocycles. The molecule has 1 aromatic carbocycles. The monoisotopic (exact) mass is 525 g/mol. The van der Waals surface area contributed by atoms with Gasteiger partial charge < -0.3 is 15.1 Å². The van der Waals surface area contributed by atoms with E-state index in [-0.39, 0.29) is 29.4 Å². The Bertz CT molecular complexity index is 776. The molecule has 6 nitrogen and oxygen atoms in total. The third kappa shape index (κ3) is 7.58. The van der Waals surface area contributed by atoms with Crippen molar-refractivity contribution >= 4 is 29.9 Å². The summed E-state index contributed by atoms with van der Waals surface area (Å²) in [7, 11) is 0. The van der Waals surface area contributed by atoms with E-state index in [2.05, 4.69) is 83.5 Å². The van der Waals surface area contributed by atoms with E-state index >= 15 is 0 Å². The Labute approximate surface area is 198 Å². The predicted molar refractivity (Wildman–Crippen MR) is 133 cm³/mol. The molecule has 2 N–H and O–H groups in total. The summed E-state index contributed by atoms with van der Waals surface area (Å²) >= 11 is 0. The van der Waals surface area contributed by atoms with E-state index in [0.717, 1.165) is 50.7 Å². The van der Waals surface area contributed by atoms with E-state index in [1.165, 1.54) is 5.56 Å². The van der Waals surface area contributed by atoms with Gasteiger partial charge in [0.05, 0.1) is 6.20 Å². The predicted octanol–water partition coefficient (Wildman–Crippen LogP) is 4.31. The molecule has 2 aromatic rings. The number of rotatable bonds is 6. The van der Waals surface area contributed by atoms with Crippen LogP contribution in [0.4, 0.5) is 0 Å². The van der Waals surface area contributed by atoms with Gasteiger partial charge in [-0.15, -0.1) is 24.0 Å². The molecule has 1 aliphatic rings. The second-order valence-electron chi connectivity index (χ2n) is 8.74. The SMILES string of the molecule is CCNC(=NCc1ncc(C(C)(C)C)o1)NC1CCN(Cc2ccccc2)CC1.I. The fraction of sp³-hybridized carbons (Fsp3) is 0.565. The van der Waals surface area contributed by atoms with E-state index in [4.69, 9.17) is 4.42 Å². The highest BCUT2D eigenvalue weighted by molar-refractivity contribution is 14.0. The summed E-state index contributed by atoms with van der Waals surface area (Å²) in [6.45, 7) is 12.9. The van der Waals surface area contributed by atoms with Gasteiger partial charge in [-0.3, -0.25) is 4.90 Å². The molecule has 1 saturated heterocycles. The maximum atomic E-state index is 5.86. The number of piperidine rings is 1. The van der Waals surface area contributed by atoms with Gasteiger partial charge in [0.25, 0.3) is 0 Å². The van der Waals surface area contributed by atoms with Crippen molar-refractivity contribution in [2.45, 2.75) is 65.1 Å². The Morgan fingerprint density at radius 2 is 1.90 bits per heavy atom. The second-order valence-corrected chi connectivity index (χ2v) is 8.74. The minimum absolute atomic E-state index is 0. The van der Waals surface area contributed by atoms with Gasteiger partial charge in [-0.2, -0.15) is 0 Å². The summed E-state index contributed by atoms with van der Waals surface area (Å²) in [4.78, 5) is 11.6. The minimum atomic E-state index is -0.0363. The van der Waals surface area contributed by atoms with Gasteiger partial charge in [0, 0.05) is 37.6 Å². The maximum Gasteiger partial charge on any atom is 0.216 e. The Morgan fingerprint density at radius 3 is 2.50 bits per heavy atom. The van der Waals surface area contributed by atoms with Crippen molar-refractivity contribution in [3.8, 4) is 0 Å². The topological polar surface area (TPSA) is 65.7 Å². The number of nitrogens with zero attached hydrogens (tertiary/aromatic N) is 3. The zero-order valence-electron chi connectivity index (χ0n) is 18.6. The van der Waals surface area contributed by atoms with Crippen molar-refractivity contribution in [1.82, 2.24) is 20.5 Å². The summed E-state index contributed by atoms with van der Waals surface area (Å²) < 4.78 is 5.86. The van der Waals surface area contributed by atoms with Crippen molar-refractivity contribution in [2.24, 2.45) is 4.99 Å². The number of halogens is 1. The molecule has 0 amide bonds. The third-order valence-electron chi connectivity index (χ3n) is 5.19. The van der Waals surface area contributed by atoms with Crippen molar-refractivity contribution in [2.75, 3.05) is 19.6 Å². The number of guanidine groups is 1. The van der Waals surface area contributed by atoms with Gasteiger partial charge in [0.15, 0.2) is 5.96 Å². The van der Waals surface area contributed by atoms with Crippen LogP contribution in [0.15, 0.2) is 45.9 Å². The number of benzene rings is 1. The molecule has 1 aromatic heterocycles. The average Bonchev–Trinajstić information content (AvgIpc) is 3.18. The number of hydrogen-bond acceptors (Lipinski definition) is 4. The lowest BCUT2D eigenvalue weighted by atomic mass is 9.94. The second kappa shape index (κ2) is 11.7. The molecular formula is C23H36IN5O. The highest BCUT2D eigenvalue weighted by Crippen LogP contribution is 2.22. The molecule has 3 rings (SSSR count). The zero-order valence-corrected chi connectivity index (χ0v) is 21.0. The Kier molecular flexibility index (Phi) is 9.61. The van der Waals surface area contributed by atoms with Crippen LogP contribution in [0.2, 0.25) is 0 Å². The molecule has 1 fully saturated rings. The van der Waals surface area contributed by atoms with E-state index < -0.39 is 0 Å². The largest absolute Gasteiger partial charge is 0.443 e. The average molecular weight is 525 g/mol. The first kappa shape index (κ1) is 24.7. The van der Waals surface area contributed by atoms with Crippen molar-refractivity contribution in [3.63, 3.8) is 0 Å². The summed E-state index contributed by atoms with van der Waals surface area (Å²) in [5, 5.41) is 6.94. The van der Waals surface area contributed by atoms with Crippen LogP contribution in [0.25, 0.3) is 0 Å². The minimum Gasteiger partial charge on any atom is -0.443 e. The van der Waals surface area contributed by atoms with Gasteiger partial charge >= 0.3 is 0 Å². The van der Waals surface area contributed by atoms with Crippen molar-refractivity contribution < 1.29 is 4.42 Å². The Morgan fingerprint density at radius 1 is 1.20 bits per heavy atom. The summed E-state index contributed by atoms with van der Waals surface area (Å²) in [6.07, 6.45) is 4.04. The van der Waals surface area contributed by atoms with Gasteiger partial charge in [-0.25, -0.2) is 9.98 Å². The first-order chi connectivity index (χ1) is 13.9. The van der Waals surface area contributed by atoms with Crippen LogP contribution in [0, 0.1) is 0 Å². The van der Waals surface area contributed by atoms with E-state index in [0.29, 0.717) is 18.5 Å². The fourth-order valence-corrected chi connectivity index (χ4v) is 3.47. The molecule has 0 atom stereocenters. The van der Waals surface area contributed by atoms with Crippen LogP contribution in [0.3, 0.4) is 0 Å². The molecule has 0 spiro atoms. The summed E-state index contributed by atoms with van der Waals surface area (Å²) in [6, 6.07) is 11.1. The van der Waals surface area contributed by atoms with Gasteiger partial charge in [-0.05, 0) is 25.3 Å². The van der Waals surface area contributed by atoms with Crippen molar-refractivity contribution in [1.29, 1.82) is 0 Å². The normalized spacial score (nSPS) is 16.2. The molecule has 2 heterocycles. The maximum absolute atomic E-state index is 5.86. The number of aliphatic imine (C=N–C) groups is 1. The van der Waals surface area contributed by atoms with Crippen LogP contribution >= 0.6 is 24.0 Å². The molecule has 0 bridgehead atoms. The smallest absolute Gasteiger partial charge is 0.216 e. The number of nitrogens with one attached hydrogen (secondary N) is 2. The van der Waals surface area contributed by atoms with E-state index in [9.17, 15) is 0 Å². The zero-order chi connectivity index (χ0) is 20.7. The molecule has 0 unspecified atom stereocenters. The fourth-order valence-electron chi connectivity index (χ4n) is 3.47. The summed E-state index contributed by atoms with van der Waals surface area (Å²) in [5.41, 5.74) is 1.35. The van der Waals surface area contributed by atoms with Gasteiger partial charge in [0.2, 0.25) is 5.89 Å². The van der Waals surface area contributed by atoms with Crippen LogP contribution in [-0.4, -0.2) is 41.5 Å². The molecule has 166 valence electrons. The Balaban J connectivity index is 0.00000320. The van der Waals surface area contributed by atoms with Crippen LogP contribution in [0.1, 0.15) is 57.8 Å². The Hall–Kier alpha value is -1.61. The molecule has 0 radical (unpaired) electrons. The van der Waals surface area contributed by atoms with Crippen LogP contribution < -0.4 is 10.6 Å².